The van der Waals surface area contributed by atoms with Crippen molar-refractivity contribution in [2.24, 2.45) is 17.3 Å². The van der Waals surface area contributed by atoms with E-state index in [2.05, 4.69) is 19.9 Å². The maximum atomic E-state index is 11.1. The Kier molecular flexibility index (Phi) is 3.99. The second kappa shape index (κ2) is 5.19. The molecule has 0 aromatic rings. The zero-order valence-corrected chi connectivity index (χ0v) is 11.6. The molecule has 1 saturated heterocycles. The van der Waals surface area contributed by atoms with E-state index >= 15 is 0 Å². The quantitative estimate of drug-likeness (QED) is 0.821. The average Bonchev–Trinajstić information content (AvgIpc) is 2.39. The Morgan fingerprint density at radius 3 is 2.50 bits per heavy atom. The highest BCUT2D eigenvalue weighted by Crippen LogP contribution is 2.50. The van der Waals surface area contributed by atoms with Crippen LogP contribution in [0.2, 0.25) is 0 Å². The summed E-state index contributed by atoms with van der Waals surface area (Å²) in [6, 6.07) is 2.46. The van der Waals surface area contributed by atoms with E-state index in [9.17, 15) is 10.4 Å². The van der Waals surface area contributed by atoms with Crippen LogP contribution in [0.4, 0.5) is 0 Å². The van der Waals surface area contributed by atoms with Crippen LogP contribution in [0.25, 0.3) is 0 Å². The topological polar surface area (TPSA) is 53.2 Å². The SMILES string of the molecule is CC(C)C1CCCC(O)(C2(C#N)CCOCC2)C1. The molecule has 0 spiro atoms. The van der Waals surface area contributed by atoms with Crippen LogP contribution in [0, 0.1) is 28.6 Å². The van der Waals surface area contributed by atoms with Crippen LogP contribution in [-0.2, 0) is 4.74 Å². The van der Waals surface area contributed by atoms with Gasteiger partial charge in [-0.05, 0) is 43.9 Å². The van der Waals surface area contributed by atoms with Gasteiger partial charge in [-0.3, -0.25) is 0 Å². The van der Waals surface area contributed by atoms with Crippen molar-refractivity contribution in [2.45, 2.75) is 58.0 Å². The molecule has 2 fully saturated rings. The second-order valence-electron chi connectivity index (χ2n) is 6.44. The minimum absolute atomic E-state index is 0.553. The summed E-state index contributed by atoms with van der Waals surface area (Å²) in [6.07, 6.45) is 5.18. The number of hydrogen-bond acceptors (Lipinski definition) is 3. The third-order valence-electron chi connectivity index (χ3n) is 5.16. The number of ether oxygens (including phenoxy) is 1. The van der Waals surface area contributed by atoms with Crippen LogP contribution in [0.15, 0.2) is 0 Å². The fraction of sp³-hybridized carbons (Fsp3) is 0.933. The van der Waals surface area contributed by atoms with Crippen molar-refractivity contribution in [1.82, 2.24) is 0 Å². The zero-order chi connectivity index (χ0) is 13.2. The van der Waals surface area contributed by atoms with Gasteiger partial charge in [-0.15, -0.1) is 0 Å². The Balaban J connectivity index is 2.20. The van der Waals surface area contributed by atoms with E-state index in [0.29, 0.717) is 37.9 Å². The Morgan fingerprint density at radius 2 is 1.94 bits per heavy atom. The van der Waals surface area contributed by atoms with Crippen molar-refractivity contribution in [3.8, 4) is 6.07 Å². The molecule has 0 aromatic heterocycles. The first kappa shape index (κ1) is 13.8. The average molecular weight is 251 g/mol. The van der Waals surface area contributed by atoms with Crippen molar-refractivity contribution in [1.29, 1.82) is 5.26 Å². The van der Waals surface area contributed by atoms with Gasteiger partial charge < -0.3 is 9.84 Å². The molecule has 2 unspecified atom stereocenters. The molecule has 1 aliphatic carbocycles. The second-order valence-corrected chi connectivity index (χ2v) is 6.44. The first-order valence-electron chi connectivity index (χ1n) is 7.24. The van der Waals surface area contributed by atoms with Gasteiger partial charge in [-0.25, -0.2) is 0 Å². The van der Waals surface area contributed by atoms with Gasteiger partial charge in [0, 0.05) is 13.2 Å². The highest BCUT2D eigenvalue weighted by Gasteiger charge is 2.53. The lowest BCUT2D eigenvalue weighted by Gasteiger charge is -2.49. The van der Waals surface area contributed by atoms with Gasteiger partial charge in [0.05, 0.1) is 17.1 Å². The third-order valence-corrected chi connectivity index (χ3v) is 5.16. The van der Waals surface area contributed by atoms with E-state index in [1.54, 1.807) is 0 Å². The smallest absolute Gasteiger partial charge is 0.0903 e. The minimum Gasteiger partial charge on any atom is -0.388 e. The Morgan fingerprint density at radius 1 is 1.28 bits per heavy atom. The Labute approximate surface area is 110 Å². The maximum Gasteiger partial charge on any atom is 0.0903 e. The highest BCUT2D eigenvalue weighted by molar-refractivity contribution is 5.13. The van der Waals surface area contributed by atoms with Gasteiger partial charge in [0.25, 0.3) is 0 Å². The molecule has 1 N–H and O–H groups in total. The Bertz CT molecular complexity index is 328. The molecule has 2 aliphatic rings. The highest BCUT2D eigenvalue weighted by atomic mass is 16.5. The van der Waals surface area contributed by atoms with E-state index in [4.69, 9.17) is 4.74 Å². The molecule has 0 amide bonds. The summed E-state index contributed by atoms with van der Waals surface area (Å²) in [4.78, 5) is 0. The van der Waals surface area contributed by atoms with Crippen molar-refractivity contribution in [2.75, 3.05) is 13.2 Å². The molecule has 2 atom stereocenters. The number of rotatable bonds is 2. The van der Waals surface area contributed by atoms with E-state index in [0.717, 1.165) is 19.3 Å². The lowest BCUT2D eigenvalue weighted by atomic mass is 9.59. The summed E-state index contributed by atoms with van der Waals surface area (Å²) in [6.45, 7) is 5.67. The van der Waals surface area contributed by atoms with Crippen LogP contribution in [0.3, 0.4) is 0 Å². The van der Waals surface area contributed by atoms with Gasteiger partial charge >= 0.3 is 0 Å². The standard InChI is InChI=1S/C15H25NO2/c1-12(2)13-4-3-5-15(17,10-13)14(11-16)6-8-18-9-7-14/h12-13,17H,3-10H2,1-2H3. The van der Waals surface area contributed by atoms with E-state index < -0.39 is 11.0 Å². The number of hydrogen-bond donors (Lipinski definition) is 1. The van der Waals surface area contributed by atoms with E-state index in [1.807, 2.05) is 0 Å². The van der Waals surface area contributed by atoms with Gasteiger partial charge in [-0.2, -0.15) is 5.26 Å². The molecule has 18 heavy (non-hydrogen) atoms. The number of nitriles is 1. The molecule has 1 heterocycles. The molecular formula is C15H25NO2. The van der Waals surface area contributed by atoms with E-state index in [1.165, 1.54) is 6.42 Å². The summed E-state index contributed by atoms with van der Waals surface area (Å²) in [5, 5.41) is 20.7. The lowest BCUT2D eigenvalue weighted by molar-refractivity contribution is -0.135. The predicted octanol–water partition coefficient (Wildman–Crippen LogP) is 2.88. The molecule has 3 nitrogen and oxygen atoms in total. The molecule has 1 saturated carbocycles. The normalized spacial score (nSPS) is 36.3. The van der Waals surface area contributed by atoms with Crippen molar-refractivity contribution in [3.63, 3.8) is 0 Å². The van der Waals surface area contributed by atoms with Gasteiger partial charge in [0.15, 0.2) is 0 Å². The molecule has 3 heteroatoms. The minimum atomic E-state index is -0.793. The third kappa shape index (κ3) is 2.29. The number of nitrogens with zero attached hydrogens (tertiary/aromatic N) is 1. The monoisotopic (exact) mass is 251 g/mol. The van der Waals surface area contributed by atoms with Crippen LogP contribution in [0.5, 0.6) is 0 Å². The van der Waals surface area contributed by atoms with Gasteiger partial charge in [0.2, 0.25) is 0 Å². The van der Waals surface area contributed by atoms with Gasteiger partial charge in [-0.1, -0.05) is 20.3 Å². The maximum absolute atomic E-state index is 11.1. The van der Waals surface area contributed by atoms with Crippen LogP contribution in [-0.4, -0.2) is 23.9 Å². The summed E-state index contributed by atoms with van der Waals surface area (Å²) in [5.41, 5.74) is -1.36. The molecule has 0 aromatic carbocycles. The first-order chi connectivity index (χ1) is 8.53. The molecule has 102 valence electrons. The predicted molar refractivity (Wildman–Crippen MR) is 69.8 cm³/mol. The zero-order valence-electron chi connectivity index (χ0n) is 11.6. The van der Waals surface area contributed by atoms with Crippen LogP contribution >= 0.6 is 0 Å². The van der Waals surface area contributed by atoms with Crippen molar-refractivity contribution < 1.29 is 9.84 Å². The Hall–Kier alpha value is -0.590. The summed E-state index contributed by atoms with van der Waals surface area (Å²) >= 11 is 0. The number of aliphatic hydroxyl groups is 1. The summed E-state index contributed by atoms with van der Waals surface area (Å²) in [7, 11) is 0. The summed E-state index contributed by atoms with van der Waals surface area (Å²) < 4.78 is 5.37. The van der Waals surface area contributed by atoms with Crippen molar-refractivity contribution >= 4 is 0 Å². The molecule has 0 bridgehead atoms. The fourth-order valence-electron chi connectivity index (χ4n) is 3.70. The molecule has 2 rings (SSSR count). The molecule has 1 aliphatic heterocycles. The molecule has 0 radical (unpaired) electrons. The van der Waals surface area contributed by atoms with Gasteiger partial charge in [0.1, 0.15) is 0 Å². The summed E-state index contributed by atoms with van der Waals surface area (Å²) in [5.74, 6) is 1.14. The molecular weight excluding hydrogens is 226 g/mol. The first-order valence-corrected chi connectivity index (χ1v) is 7.24. The largest absolute Gasteiger partial charge is 0.388 e. The fourth-order valence-corrected chi connectivity index (χ4v) is 3.70. The van der Waals surface area contributed by atoms with Crippen LogP contribution < -0.4 is 0 Å². The van der Waals surface area contributed by atoms with Crippen molar-refractivity contribution in [3.05, 3.63) is 0 Å². The van der Waals surface area contributed by atoms with Crippen LogP contribution in [0.1, 0.15) is 52.4 Å². The van der Waals surface area contributed by atoms with E-state index in [-0.39, 0.29) is 0 Å². The lowest BCUT2D eigenvalue weighted by Crippen LogP contribution is -2.53.